The molecule has 1 aliphatic heterocycles. The van der Waals surface area contributed by atoms with Gasteiger partial charge >= 0.3 is 0 Å². The van der Waals surface area contributed by atoms with E-state index in [4.69, 9.17) is 0 Å². The molecule has 18 heavy (non-hydrogen) atoms. The summed E-state index contributed by atoms with van der Waals surface area (Å²) in [7, 11) is 0. The number of hydrazine groups is 1. The Morgan fingerprint density at radius 3 is 2.17 bits per heavy atom. The summed E-state index contributed by atoms with van der Waals surface area (Å²) in [6.07, 6.45) is 5.67. The molecule has 0 bridgehead atoms. The smallest absolute Gasteiger partial charge is 0.237 e. The lowest BCUT2D eigenvalue weighted by atomic mass is 9.89. The Bertz CT molecular complexity index is 305. The van der Waals surface area contributed by atoms with E-state index < -0.39 is 0 Å². The molecule has 5 heteroatoms. The Balaban J connectivity index is 1.73. The van der Waals surface area contributed by atoms with Gasteiger partial charge in [-0.15, -0.1) is 0 Å². The third kappa shape index (κ3) is 3.45. The largest absolute Gasteiger partial charge is 0.340 e. The minimum absolute atomic E-state index is 0.119. The van der Waals surface area contributed by atoms with E-state index in [0.717, 1.165) is 25.9 Å². The molecule has 1 saturated heterocycles. The summed E-state index contributed by atoms with van der Waals surface area (Å²) in [4.78, 5) is 25.1. The molecule has 2 rings (SSSR count). The molecule has 1 N–H and O–H groups in total. The monoisotopic (exact) mass is 253 g/mol. The lowest BCUT2D eigenvalue weighted by Gasteiger charge is -2.35. The van der Waals surface area contributed by atoms with Gasteiger partial charge in [-0.05, 0) is 12.8 Å². The fourth-order valence-corrected chi connectivity index (χ4v) is 2.75. The van der Waals surface area contributed by atoms with Crippen LogP contribution in [0.25, 0.3) is 0 Å². The first-order valence-corrected chi connectivity index (χ1v) is 6.98. The summed E-state index contributed by atoms with van der Waals surface area (Å²) in [5.74, 6) is 0.490. The van der Waals surface area contributed by atoms with Crippen molar-refractivity contribution in [3.63, 3.8) is 0 Å². The van der Waals surface area contributed by atoms with Gasteiger partial charge in [0.15, 0.2) is 0 Å². The quantitative estimate of drug-likeness (QED) is 0.790. The first-order chi connectivity index (χ1) is 8.66. The SMILES string of the molecule is CC(=O)N1CCN(NC(=O)C2CCCCC2)CC1. The Labute approximate surface area is 108 Å². The summed E-state index contributed by atoms with van der Waals surface area (Å²) < 4.78 is 0. The van der Waals surface area contributed by atoms with E-state index in [0.29, 0.717) is 13.1 Å². The Morgan fingerprint density at radius 1 is 1.00 bits per heavy atom. The van der Waals surface area contributed by atoms with Gasteiger partial charge in [0.1, 0.15) is 0 Å². The van der Waals surface area contributed by atoms with E-state index in [1.807, 2.05) is 9.91 Å². The van der Waals surface area contributed by atoms with Gasteiger partial charge in [0.25, 0.3) is 0 Å². The van der Waals surface area contributed by atoms with Crippen LogP contribution in [0.5, 0.6) is 0 Å². The second-order valence-electron chi connectivity index (χ2n) is 5.30. The highest BCUT2D eigenvalue weighted by Crippen LogP contribution is 2.23. The van der Waals surface area contributed by atoms with E-state index in [-0.39, 0.29) is 17.7 Å². The number of hydrogen-bond donors (Lipinski definition) is 1. The molecule has 0 aromatic rings. The number of amides is 2. The number of hydrogen-bond acceptors (Lipinski definition) is 3. The number of nitrogens with one attached hydrogen (secondary N) is 1. The van der Waals surface area contributed by atoms with Gasteiger partial charge in [-0.3, -0.25) is 15.0 Å². The fourth-order valence-electron chi connectivity index (χ4n) is 2.75. The molecule has 102 valence electrons. The minimum atomic E-state index is 0.119. The molecular weight excluding hydrogens is 230 g/mol. The zero-order valence-corrected chi connectivity index (χ0v) is 11.2. The molecule has 0 unspecified atom stereocenters. The minimum Gasteiger partial charge on any atom is -0.340 e. The predicted octanol–water partition coefficient (Wildman–Crippen LogP) is 0.762. The maximum atomic E-state index is 12.0. The number of nitrogens with zero attached hydrogens (tertiary/aromatic N) is 2. The molecule has 2 amide bonds. The Kier molecular flexibility index (Phi) is 4.58. The first kappa shape index (κ1) is 13.3. The third-order valence-corrected chi connectivity index (χ3v) is 3.97. The summed E-state index contributed by atoms with van der Waals surface area (Å²) in [6, 6.07) is 0. The third-order valence-electron chi connectivity index (χ3n) is 3.97. The van der Waals surface area contributed by atoms with Crippen molar-refractivity contribution in [2.75, 3.05) is 26.2 Å². The second-order valence-corrected chi connectivity index (χ2v) is 5.30. The summed E-state index contributed by atoms with van der Waals surface area (Å²) in [5.41, 5.74) is 3.00. The van der Waals surface area contributed by atoms with E-state index in [1.165, 1.54) is 19.3 Å². The van der Waals surface area contributed by atoms with Gasteiger partial charge in [0.2, 0.25) is 11.8 Å². The number of carbonyl (C=O) groups is 2. The highest BCUT2D eigenvalue weighted by atomic mass is 16.2. The predicted molar refractivity (Wildman–Crippen MR) is 68.5 cm³/mol. The van der Waals surface area contributed by atoms with Crippen LogP contribution >= 0.6 is 0 Å². The summed E-state index contributed by atoms with van der Waals surface area (Å²) in [5, 5.41) is 1.95. The van der Waals surface area contributed by atoms with Crippen LogP contribution in [0.3, 0.4) is 0 Å². The molecule has 1 saturated carbocycles. The van der Waals surface area contributed by atoms with Gasteiger partial charge in [-0.2, -0.15) is 0 Å². The highest BCUT2D eigenvalue weighted by Gasteiger charge is 2.24. The van der Waals surface area contributed by atoms with E-state index in [9.17, 15) is 9.59 Å². The van der Waals surface area contributed by atoms with Crippen LogP contribution in [0.1, 0.15) is 39.0 Å². The average molecular weight is 253 g/mol. The maximum Gasteiger partial charge on any atom is 0.237 e. The van der Waals surface area contributed by atoms with Crippen LogP contribution in [0.15, 0.2) is 0 Å². The molecule has 0 spiro atoms. The number of rotatable bonds is 2. The van der Waals surface area contributed by atoms with Crippen molar-refractivity contribution in [2.24, 2.45) is 5.92 Å². The van der Waals surface area contributed by atoms with E-state index >= 15 is 0 Å². The van der Waals surface area contributed by atoms with Gasteiger partial charge in [-0.1, -0.05) is 19.3 Å². The maximum absolute atomic E-state index is 12.0. The van der Waals surface area contributed by atoms with Crippen molar-refractivity contribution in [1.29, 1.82) is 0 Å². The van der Waals surface area contributed by atoms with Crippen LogP contribution in [-0.4, -0.2) is 47.9 Å². The van der Waals surface area contributed by atoms with Crippen LogP contribution in [0.4, 0.5) is 0 Å². The second kappa shape index (κ2) is 6.18. The molecule has 1 heterocycles. The normalized spacial score (nSPS) is 22.8. The van der Waals surface area contributed by atoms with Crippen molar-refractivity contribution in [2.45, 2.75) is 39.0 Å². The molecule has 2 aliphatic rings. The van der Waals surface area contributed by atoms with Crippen LogP contribution < -0.4 is 5.43 Å². The topological polar surface area (TPSA) is 52.7 Å². The molecule has 0 radical (unpaired) electrons. The number of carbonyl (C=O) groups excluding carboxylic acids is 2. The zero-order chi connectivity index (χ0) is 13.0. The van der Waals surface area contributed by atoms with Crippen molar-refractivity contribution < 1.29 is 9.59 Å². The van der Waals surface area contributed by atoms with E-state index in [2.05, 4.69) is 5.43 Å². The highest BCUT2D eigenvalue weighted by molar-refractivity contribution is 5.78. The van der Waals surface area contributed by atoms with Crippen molar-refractivity contribution in [3.05, 3.63) is 0 Å². The molecule has 5 nitrogen and oxygen atoms in total. The van der Waals surface area contributed by atoms with Crippen LogP contribution in [-0.2, 0) is 9.59 Å². The first-order valence-electron chi connectivity index (χ1n) is 6.98. The zero-order valence-electron chi connectivity index (χ0n) is 11.2. The van der Waals surface area contributed by atoms with E-state index in [1.54, 1.807) is 6.92 Å². The van der Waals surface area contributed by atoms with Crippen LogP contribution in [0.2, 0.25) is 0 Å². The molecule has 2 fully saturated rings. The molecule has 1 aliphatic carbocycles. The fraction of sp³-hybridized carbons (Fsp3) is 0.846. The van der Waals surface area contributed by atoms with Gasteiger partial charge in [0, 0.05) is 39.0 Å². The Hall–Kier alpha value is -1.10. The summed E-state index contributed by atoms with van der Waals surface area (Å²) in [6.45, 7) is 4.48. The lowest BCUT2D eigenvalue weighted by Crippen LogP contribution is -2.55. The Morgan fingerprint density at radius 2 is 1.61 bits per heavy atom. The molecule has 0 aromatic heterocycles. The van der Waals surface area contributed by atoms with Crippen molar-refractivity contribution >= 4 is 11.8 Å². The number of piperazine rings is 1. The molecular formula is C13H23N3O2. The van der Waals surface area contributed by atoms with Gasteiger partial charge in [0.05, 0.1) is 0 Å². The van der Waals surface area contributed by atoms with Crippen molar-refractivity contribution in [1.82, 2.24) is 15.3 Å². The summed E-state index contributed by atoms with van der Waals surface area (Å²) >= 11 is 0. The molecule has 0 atom stereocenters. The van der Waals surface area contributed by atoms with Crippen molar-refractivity contribution in [3.8, 4) is 0 Å². The lowest BCUT2D eigenvalue weighted by molar-refractivity contribution is -0.134. The van der Waals surface area contributed by atoms with Gasteiger partial charge < -0.3 is 4.90 Å². The average Bonchev–Trinajstić information content (AvgIpc) is 2.40. The standard InChI is InChI=1S/C13H23N3O2/c1-11(17)15-7-9-16(10-8-15)14-13(18)12-5-3-2-4-6-12/h12H,2-10H2,1H3,(H,14,18). The van der Waals surface area contributed by atoms with Gasteiger partial charge in [-0.25, -0.2) is 5.01 Å². The van der Waals surface area contributed by atoms with Crippen LogP contribution in [0, 0.1) is 5.92 Å². The molecule has 0 aromatic carbocycles.